The largest absolute Gasteiger partial charge is 0.508 e. The van der Waals surface area contributed by atoms with Gasteiger partial charge in [0.15, 0.2) is 5.76 Å². The summed E-state index contributed by atoms with van der Waals surface area (Å²) in [6.07, 6.45) is 1.74. The molecule has 1 aromatic heterocycles. The summed E-state index contributed by atoms with van der Waals surface area (Å²) >= 11 is 5.11. The van der Waals surface area contributed by atoms with Crippen molar-refractivity contribution in [1.82, 2.24) is 4.98 Å². The number of aromatic hydroxyl groups is 1. The van der Waals surface area contributed by atoms with E-state index in [0.717, 1.165) is 27.1 Å². The molecule has 0 spiro atoms. The molecule has 1 atom stereocenters. The number of rotatable bonds is 5. The molecule has 1 N–H and O–H groups in total. The number of halogens is 1. The van der Waals surface area contributed by atoms with Gasteiger partial charge in [0.05, 0.1) is 6.20 Å². The summed E-state index contributed by atoms with van der Waals surface area (Å²) in [5.74, 6) is 2.50. The summed E-state index contributed by atoms with van der Waals surface area (Å²) < 4.78 is 7.00. The zero-order chi connectivity index (χ0) is 16.2. The van der Waals surface area contributed by atoms with Crippen LogP contribution in [-0.4, -0.2) is 15.8 Å². The standard InChI is InChI=1S/C18H16BrNO2S/c1-2-23-17(14-5-3-4-6-15(14)21)18-20-11-16(22-18)12-7-9-13(19)10-8-12/h3-11,17,21H,2H2,1H3. The van der Waals surface area contributed by atoms with Gasteiger partial charge in [-0.3, -0.25) is 0 Å². The van der Waals surface area contributed by atoms with Crippen LogP contribution >= 0.6 is 27.7 Å². The van der Waals surface area contributed by atoms with Crippen molar-refractivity contribution < 1.29 is 9.52 Å². The van der Waals surface area contributed by atoms with E-state index in [4.69, 9.17) is 4.42 Å². The monoisotopic (exact) mass is 389 g/mol. The van der Waals surface area contributed by atoms with Crippen LogP contribution in [0.4, 0.5) is 0 Å². The fourth-order valence-corrected chi connectivity index (χ4v) is 3.55. The highest BCUT2D eigenvalue weighted by atomic mass is 79.9. The molecule has 0 saturated carbocycles. The Labute approximate surface area is 147 Å². The van der Waals surface area contributed by atoms with Crippen molar-refractivity contribution in [2.24, 2.45) is 0 Å². The first kappa shape index (κ1) is 16.1. The van der Waals surface area contributed by atoms with Crippen LogP contribution in [0, 0.1) is 0 Å². The van der Waals surface area contributed by atoms with Gasteiger partial charge in [0.25, 0.3) is 0 Å². The molecular formula is C18H16BrNO2S. The second-order valence-corrected chi connectivity index (χ2v) is 7.26. The molecule has 0 fully saturated rings. The Hall–Kier alpha value is -1.72. The van der Waals surface area contributed by atoms with Crippen molar-refractivity contribution in [1.29, 1.82) is 0 Å². The minimum atomic E-state index is -0.120. The maximum Gasteiger partial charge on any atom is 0.212 e. The normalized spacial score (nSPS) is 12.3. The number of hydrogen-bond donors (Lipinski definition) is 1. The predicted octanol–water partition coefficient (Wildman–Crippen LogP) is 5.65. The van der Waals surface area contributed by atoms with Gasteiger partial charge >= 0.3 is 0 Å². The Bertz CT molecular complexity index is 786. The number of phenols is 1. The highest BCUT2D eigenvalue weighted by Crippen LogP contribution is 2.40. The number of nitrogens with zero attached hydrogens (tertiary/aromatic N) is 1. The lowest BCUT2D eigenvalue weighted by Gasteiger charge is -2.14. The number of benzene rings is 2. The molecule has 0 bridgehead atoms. The van der Waals surface area contributed by atoms with Crippen LogP contribution < -0.4 is 0 Å². The van der Waals surface area contributed by atoms with Gasteiger partial charge in [-0.2, -0.15) is 0 Å². The van der Waals surface area contributed by atoms with Gasteiger partial charge in [0.1, 0.15) is 11.0 Å². The maximum absolute atomic E-state index is 10.1. The number of thioether (sulfide) groups is 1. The average Bonchev–Trinajstić information content (AvgIpc) is 3.04. The molecule has 3 aromatic rings. The van der Waals surface area contributed by atoms with Crippen molar-refractivity contribution in [3.05, 3.63) is 70.7 Å². The van der Waals surface area contributed by atoms with Crippen LogP contribution in [0.2, 0.25) is 0 Å². The first-order chi connectivity index (χ1) is 11.2. The molecule has 118 valence electrons. The second-order valence-electron chi connectivity index (χ2n) is 4.96. The van der Waals surface area contributed by atoms with Crippen molar-refractivity contribution in [3.8, 4) is 17.1 Å². The average molecular weight is 390 g/mol. The molecule has 3 nitrogen and oxygen atoms in total. The highest BCUT2D eigenvalue weighted by molar-refractivity contribution is 9.10. The Morgan fingerprint density at radius 2 is 1.91 bits per heavy atom. The van der Waals surface area contributed by atoms with Crippen molar-refractivity contribution in [3.63, 3.8) is 0 Å². The van der Waals surface area contributed by atoms with Crippen LogP contribution in [0.3, 0.4) is 0 Å². The first-order valence-corrected chi connectivity index (χ1v) is 9.14. The number of phenolic OH excluding ortho intramolecular Hbond substituents is 1. The van der Waals surface area contributed by atoms with Gasteiger partial charge in [0.2, 0.25) is 5.89 Å². The molecule has 0 saturated heterocycles. The Kier molecular flexibility index (Phi) is 5.08. The topological polar surface area (TPSA) is 46.3 Å². The zero-order valence-corrected chi connectivity index (χ0v) is 15.0. The van der Waals surface area contributed by atoms with Gasteiger partial charge in [0, 0.05) is 15.6 Å². The molecule has 23 heavy (non-hydrogen) atoms. The van der Waals surface area contributed by atoms with E-state index in [2.05, 4.69) is 27.8 Å². The fourth-order valence-electron chi connectivity index (χ4n) is 2.33. The molecule has 0 aliphatic heterocycles. The molecule has 1 unspecified atom stereocenters. The summed E-state index contributed by atoms with van der Waals surface area (Å²) in [6.45, 7) is 2.08. The fraction of sp³-hybridized carbons (Fsp3) is 0.167. The van der Waals surface area contributed by atoms with Crippen molar-refractivity contribution in [2.45, 2.75) is 12.2 Å². The summed E-state index contributed by atoms with van der Waals surface area (Å²) in [4.78, 5) is 4.44. The number of oxazole rings is 1. The van der Waals surface area contributed by atoms with Crippen molar-refractivity contribution in [2.75, 3.05) is 5.75 Å². The third-order valence-electron chi connectivity index (χ3n) is 3.43. The molecule has 2 aromatic carbocycles. The smallest absolute Gasteiger partial charge is 0.212 e. The minimum Gasteiger partial charge on any atom is -0.508 e. The van der Waals surface area contributed by atoms with Crippen molar-refractivity contribution >= 4 is 27.7 Å². The van der Waals surface area contributed by atoms with Crippen LogP contribution in [0.25, 0.3) is 11.3 Å². The third kappa shape index (κ3) is 3.62. The van der Waals surface area contributed by atoms with E-state index in [9.17, 15) is 5.11 Å². The van der Waals surface area contributed by atoms with E-state index < -0.39 is 0 Å². The van der Waals surface area contributed by atoms with Gasteiger partial charge in [-0.1, -0.05) is 53.2 Å². The molecule has 0 aliphatic rings. The van der Waals surface area contributed by atoms with Gasteiger partial charge in [-0.15, -0.1) is 11.8 Å². The van der Waals surface area contributed by atoms with E-state index in [1.165, 1.54) is 0 Å². The molecule has 0 aliphatic carbocycles. The minimum absolute atomic E-state index is 0.120. The van der Waals surface area contributed by atoms with E-state index >= 15 is 0 Å². The van der Waals surface area contributed by atoms with Gasteiger partial charge < -0.3 is 9.52 Å². The highest BCUT2D eigenvalue weighted by Gasteiger charge is 2.22. The second kappa shape index (κ2) is 7.23. The molecule has 0 radical (unpaired) electrons. The number of hydrogen-bond acceptors (Lipinski definition) is 4. The first-order valence-electron chi connectivity index (χ1n) is 7.30. The zero-order valence-electron chi connectivity index (χ0n) is 12.6. The van der Waals surface area contributed by atoms with E-state index in [0.29, 0.717) is 5.89 Å². The Morgan fingerprint density at radius 3 is 2.61 bits per heavy atom. The van der Waals surface area contributed by atoms with Gasteiger partial charge in [-0.25, -0.2) is 4.98 Å². The quantitative estimate of drug-likeness (QED) is 0.611. The number of aromatic nitrogens is 1. The Balaban J connectivity index is 1.95. The summed E-state index contributed by atoms with van der Waals surface area (Å²) in [5.41, 5.74) is 1.80. The van der Waals surface area contributed by atoms with E-state index in [1.807, 2.05) is 42.5 Å². The van der Waals surface area contributed by atoms with Crippen LogP contribution in [0.15, 0.2) is 63.6 Å². The lowest BCUT2D eigenvalue weighted by molar-refractivity contribution is 0.461. The molecule has 3 rings (SSSR count). The third-order valence-corrected chi connectivity index (χ3v) is 5.08. The molecular weight excluding hydrogens is 374 g/mol. The molecule has 1 heterocycles. The predicted molar refractivity (Wildman–Crippen MR) is 97.7 cm³/mol. The molecule has 0 amide bonds. The molecule has 5 heteroatoms. The van der Waals surface area contributed by atoms with Gasteiger partial charge in [-0.05, 0) is 24.0 Å². The Morgan fingerprint density at radius 1 is 1.17 bits per heavy atom. The maximum atomic E-state index is 10.1. The summed E-state index contributed by atoms with van der Waals surface area (Å²) in [5, 5.41) is 10.0. The van der Waals surface area contributed by atoms with Crippen LogP contribution in [0.1, 0.15) is 23.6 Å². The van der Waals surface area contributed by atoms with E-state index in [-0.39, 0.29) is 11.0 Å². The van der Waals surface area contributed by atoms with E-state index in [1.54, 1.807) is 24.0 Å². The van der Waals surface area contributed by atoms with Crippen LogP contribution in [0.5, 0.6) is 5.75 Å². The summed E-state index contributed by atoms with van der Waals surface area (Å²) in [6, 6.07) is 15.2. The van der Waals surface area contributed by atoms with Crippen LogP contribution in [-0.2, 0) is 0 Å². The summed E-state index contributed by atoms with van der Waals surface area (Å²) in [7, 11) is 0. The number of para-hydroxylation sites is 1. The SMILES string of the molecule is CCSC(c1ncc(-c2ccc(Br)cc2)o1)c1ccccc1O. The lowest BCUT2D eigenvalue weighted by Crippen LogP contribution is -1.98. The lowest BCUT2D eigenvalue weighted by atomic mass is 10.1.